The van der Waals surface area contributed by atoms with Crippen LogP contribution in [0.25, 0.3) is 0 Å². The Morgan fingerprint density at radius 2 is 1.94 bits per heavy atom. The van der Waals surface area contributed by atoms with Crippen LogP contribution in [0.3, 0.4) is 0 Å². The van der Waals surface area contributed by atoms with Crippen molar-refractivity contribution in [3.8, 4) is 0 Å². The van der Waals surface area contributed by atoms with E-state index in [1.54, 1.807) is 0 Å². The third-order valence-corrected chi connectivity index (χ3v) is 4.49. The minimum absolute atomic E-state index is 0.345. The summed E-state index contributed by atoms with van der Waals surface area (Å²) in [6.45, 7) is 6.75. The van der Waals surface area contributed by atoms with Gasteiger partial charge in [0, 0.05) is 44.7 Å². The molecule has 0 aromatic heterocycles. The van der Waals surface area contributed by atoms with Gasteiger partial charge >= 0.3 is 0 Å². The highest BCUT2D eigenvalue weighted by molar-refractivity contribution is 5.79. The van der Waals surface area contributed by atoms with E-state index in [9.17, 15) is 4.79 Å². The molecule has 4 nitrogen and oxygen atoms in total. The lowest BCUT2D eigenvalue weighted by molar-refractivity contribution is -0.140. The van der Waals surface area contributed by atoms with Crippen LogP contribution in [0.4, 0.5) is 0 Å². The van der Waals surface area contributed by atoms with Gasteiger partial charge in [0.05, 0.1) is 0 Å². The van der Waals surface area contributed by atoms with Crippen LogP contribution in [-0.4, -0.2) is 54.5 Å². The molecule has 1 aliphatic carbocycles. The van der Waals surface area contributed by atoms with E-state index in [0.717, 1.165) is 45.6 Å². The van der Waals surface area contributed by atoms with Gasteiger partial charge in [-0.1, -0.05) is 19.8 Å². The van der Waals surface area contributed by atoms with Crippen molar-refractivity contribution < 1.29 is 4.79 Å². The third kappa shape index (κ3) is 3.04. The fourth-order valence-corrected chi connectivity index (χ4v) is 3.00. The largest absolute Gasteiger partial charge is 0.340 e. The first kappa shape index (κ1) is 13.8. The van der Waals surface area contributed by atoms with Gasteiger partial charge in [-0.2, -0.15) is 0 Å². The van der Waals surface area contributed by atoms with E-state index < -0.39 is 0 Å². The summed E-state index contributed by atoms with van der Waals surface area (Å²) in [4.78, 5) is 16.7. The summed E-state index contributed by atoms with van der Waals surface area (Å²) in [5, 5.41) is 0. The maximum atomic E-state index is 12.1. The molecule has 0 radical (unpaired) electrons. The summed E-state index contributed by atoms with van der Waals surface area (Å²) < 4.78 is 0. The zero-order valence-electron chi connectivity index (χ0n) is 11.6. The number of hydrogen-bond acceptors (Lipinski definition) is 3. The molecule has 1 heterocycles. The number of hydrogen-bond donors (Lipinski definition) is 1. The highest BCUT2D eigenvalue weighted by Gasteiger charge is 2.32. The molecule has 2 N–H and O–H groups in total. The Hall–Kier alpha value is -0.610. The van der Waals surface area contributed by atoms with Gasteiger partial charge in [-0.3, -0.25) is 9.69 Å². The van der Waals surface area contributed by atoms with Gasteiger partial charge in [0.2, 0.25) is 5.91 Å². The summed E-state index contributed by atoms with van der Waals surface area (Å²) in [6.07, 6.45) is 5.82. The van der Waals surface area contributed by atoms with Crippen molar-refractivity contribution in [2.75, 3.05) is 32.7 Å². The van der Waals surface area contributed by atoms with E-state index in [0.29, 0.717) is 17.9 Å². The summed E-state index contributed by atoms with van der Waals surface area (Å²) in [5.41, 5.74) is 5.84. The average Bonchev–Trinajstić information content (AvgIpc) is 2.34. The summed E-state index contributed by atoms with van der Waals surface area (Å²) >= 11 is 0. The maximum absolute atomic E-state index is 12.1. The number of rotatable bonds is 5. The van der Waals surface area contributed by atoms with Gasteiger partial charge in [-0.05, 0) is 19.3 Å². The van der Waals surface area contributed by atoms with Crippen LogP contribution in [0, 0.1) is 5.92 Å². The van der Waals surface area contributed by atoms with E-state index in [4.69, 9.17) is 5.73 Å². The monoisotopic (exact) mass is 253 g/mol. The van der Waals surface area contributed by atoms with Gasteiger partial charge in [0.1, 0.15) is 0 Å². The summed E-state index contributed by atoms with van der Waals surface area (Å²) in [7, 11) is 0. The smallest absolute Gasteiger partial charge is 0.225 e. The van der Waals surface area contributed by atoms with Crippen LogP contribution in [0.1, 0.15) is 39.0 Å². The number of nitrogens with two attached hydrogens (primary N) is 1. The normalized spacial score (nSPS) is 23.8. The Balaban J connectivity index is 1.77. The Bertz CT molecular complexity index is 270. The van der Waals surface area contributed by atoms with Gasteiger partial charge in [0.25, 0.3) is 0 Å². The second kappa shape index (κ2) is 6.53. The highest BCUT2D eigenvalue weighted by Crippen LogP contribution is 2.28. The zero-order valence-corrected chi connectivity index (χ0v) is 11.6. The molecular weight excluding hydrogens is 226 g/mol. The molecule has 0 bridgehead atoms. The minimum atomic E-state index is 0.345. The number of amides is 1. The molecule has 2 fully saturated rings. The quantitative estimate of drug-likeness (QED) is 0.797. The topological polar surface area (TPSA) is 49.6 Å². The molecule has 1 unspecified atom stereocenters. The zero-order chi connectivity index (χ0) is 13.0. The first-order valence-corrected chi connectivity index (χ1v) is 7.49. The molecule has 1 amide bonds. The SMILES string of the molecule is CCCC(CN)N1CCN(C(=O)C2CCC2)CC1. The molecule has 0 aromatic carbocycles. The van der Waals surface area contributed by atoms with Crippen molar-refractivity contribution in [1.29, 1.82) is 0 Å². The molecule has 2 rings (SSSR count). The van der Waals surface area contributed by atoms with Crippen molar-refractivity contribution in [3.05, 3.63) is 0 Å². The fraction of sp³-hybridized carbons (Fsp3) is 0.929. The Morgan fingerprint density at radius 3 is 2.39 bits per heavy atom. The van der Waals surface area contributed by atoms with E-state index in [1.165, 1.54) is 19.3 Å². The standard InChI is InChI=1S/C14H27N3O/c1-2-4-13(11-15)16-7-9-17(10-8-16)14(18)12-5-3-6-12/h12-13H,2-11,15H2,1H3. The molecule has 1 atom stereocenters. The third-order valence-electron chi connectivity index (χ3n) is 4.49. The van der Waals surface area contributed by atoms with Crippen LogP contribution in [0.5, 0.6) is 0 Å². The van der Waals surface area contributed by atoms with E-state index in [2.05, 4.69) is 16.7 Å². The first-order valence-electron chi connectivity index (χ1n) is 7.49. The Kier molecular flexibility index (Phi) is 5.01. The van der Waals surface area contributed by atoms with E-state index in [1.807, 2.05) is 0 Å². The predicted molar refractivity (Wildman–Crippen MR) is 73.2 cm³/mol. The Labute approximate surface area is 110 Å². The minimum Gasteiger partial charge on any atom is -0.340 e. The Morgan fingerprint density at radius 1 is 1.28 bits per heavy atom. The molecule has 0 spiro atoms. The molecule has 4 heteroatoms. The number of carbonyl (C=O) groups is 1. The van der Waals surface area contributed by atoms with Crippen LogP contribution < -0.4 is 5.73 Å². The number of carbonyl (C=O) groups excluding carboxylic acids is 1. The molecule has 18 heavy (non-hydrogen) atoms. The number of nitrogens with zero attached hydrogens (tertiary/aromatic N) is 2. The van der Waals surface area contributed by atoms with E-state index in [-0.39, 0.29) is 0 Å². The number of piperazine rings is 1. The predicted octanol–water partition coefficient (Wildman–Crippen LogP) is 1.06. The summed E-state index contributed by atoms with van der Waals surface area (Å²) in [5.74, 6) is 0.748. The van der Waals surface area contributed by atoms with Crippen molar-refractivity contribution in [2.45, 2.75) is 45.1 Å². The first-order chi connectivity index (χ1) is 8.76. The molecule has 104 valence electrons. The van der Waals surface area contributed by atoms with Gasteiger partial charge in [-0.25, -0.2) is 0 Å². The van der Waals surface area contributed by atoms with Gasteiger partial charge in [-0.15, -0.1) is 0 Å². The molecule has 0 aromatic rings. The summed E-state index contributed by atoms with van der Waals surface area (Å²) in [6, 6.07) is 0.510. The van der Waals surface area contributed by atoms with Gasteiger partial charge < -0.3 is 10.6 Å². The molecular formula is C14H27N3O. The fourth-order valence-electron chi connectivity index (χ4n) is 3.00. The van der Waals surface area contributed by atoms with Crippen LogP contribution in [-0.2, 0) is 4.79 Å². The van der Waals surface area contributed by atoms with Crippen molar-refractivity contribution in [1.82, 2.24) is 9.80 Å². The molecule has 2 aliphatic rings. The van der Waals surface area contributed by atoms with Crippen LogP contribution in [0.2, 0.25) is 0 Å². The lowest BCUT2D eigenvalue weighted by Crippen LogP contribution is -2.55. The lowest BCUT2D eigenvalue weighted by Gasteiger charge is -2.41. The average molecular weight is 253 g/mol. The second-order valence-electron chi connectivity index (χ2n) is 5.67. The maximum Gasteiger partial charge on any atom is 0.225 e. The van der Waals surface area contributed by atoms with Crippen LogP contribution in [0.15, 0.2) is 0 Å². The molecule has 1 saturated heterocycles. The second-order valence-corrected chi connectivity index (χ2v) is 5.67. The highest BCUT2D eigenvalue weighted by atomic mass is 16.2. The van der Waals surface area contributed by atoms with Crippen LogP contribution >= 0.6 is 0 Å². The van der Waals surface area contributed by atoms with Gasteiger partial charge in [0.15, 0.2) is 0 Å². The van der Waals surface area contributed by atoms with E-state index >= 15 is 0 Å². The van der Waals surface area contributed by atoms with Crippen molar-refractivity contribution in [2.24, 2.45) is 11.7 Å². The molecule has 1 aliphatic heterocycles. The lowest BCUT2D eigenvalue weighted by atomic mass is 9.84. The molecule has 1 saturated carbocycles. The van der Waals surface area contributed by atoms with Crippen molar-refractivity contribution >= 4 is 5.91 Å². The van der Waals surface area contributed by atoms with Crippen molar-refractivity contribution in [3.63, 3.8) is 0 Å².